The van der Waals surface area contributed by atoms with Gasteiger partial charge in [-0.15, -0.1) is 13.8 Å². The van der Waals surface area contributed by atoms with Gasteiger partial charge in [0.25, 0.3) is 0 Å². The summed E-state index contributed by atoms with van der Waals surface area (Å²) >= 11 is -1.06. The summed E-state index contributed by atoms with van der Waals surface area (Å²) in [4.78, 5) is 4.43. The van der Waals surface area contributed by atoms with Gasteiger partial charge < -0.3 is 9.47 Å². The highest BCUT2D eigenvalue weighted by molar-refractivity contribution is 7.81. The average Bonchev–Trinajstić information content (AvgIpc) is 2.81. The first-order chi connectivity index (χ1) is 15.7. The van der Waals surface area contributed by atoms with Crippen LogP contribution in [0.3, 0.4) is 0 Å². The average molecular weight is 448 g/mol. The normalized spacial score (nSPS) is 19.1. The van der Waals surface area contributed by atoms with Crippen LogP contribution in [0.4, 0.5) is 0 Å². The van der Waals surface area contributed by atoms with Crippen molar-refractivity contribution in [2.75, 3.05) is 0 Å². The Hall–Kier alpha value is -3.03. The van der Waals surface area contributed by atoms with Crippen molar-refractivity contribution in [1.29, 1.82) is 0 Å². The van der Waals surface area contributed by atoms with Crippen molar-refractivity contribution >= 4 is 34.0 Å². The second-order valence-electron chi connectivity index (χ2n) is 7.94. The van der Waals surface area contributed by atoms with Crippen molar-refractivity contribution in [2.45, 2.75) is 45.1 Å². The van der Waals surface area contributed by atoms with E-state index in [1.165, 1.54) is 19.3 Å². The molecule has 6 nitrogen and oxygen atoms in total. The van der Waals surface area contributed by atoms with Crippen molar-refractivity contribution in [3.8, 4) is 11.5 Å². The molecule has 1 heterocycles. The molecule has 164 valence electrons. The molecule has 1 fully saturated rings. The molecule has 0 aromatic heterocycles. The van der Waals surface area contributed by atoms with Gasteiger partial charge in [-0.05, 0) is 43.4 Å². The minimum absolute atomic E-state index is 0.150. The fraction of sp³-hybridized carbons (Fsp3) is 0.280. The molecule has 0 bridgehead atoms. The number of ether oxygens (including phenoxy) is 2. The highest BCUT2D eigenvalue weighted by atomic mass is 32.2. The van der Waals surface area contributed by atoms with E-state index in [9.17, 15) is 0 Å². The largest absolute Gasteiger partial charge is 0.424 e. The van der Waals surface area contributed by atoms with Crippen molar-refractivity contribution in [3.05, 3.63) is 72.3 Å². The Balaban J connectivity index is 1.43. The molecular formula is C25H25N3O3S. The molecule has 2 aliphatic rings. The number of aryl methyl sites for hydroxylation is 1. The van der Waals surface area contributed by atoms with E-state index in [2.05, 4.69) is 13.8 Å². The van der Waals surface area contributed by atoms with Crippen LogP contribution in [0.5, 0.6) is 11.5 Å². The number of rotatable bonds is 4. The van der Waals surface area contributed by atoms with Gasteiger partial charge in [-0.1, -0.05) is 73.4 Å². The monoisotopic (exact) mass is 447 g/mol. The Labute approximate surface area is 190 Å². The third kappa shape index (κ3) is 5.06. The Kier molecular flexibility index (Phi) is 6.27. The molecule has 5 rings (SSSR count). The standard InChI is InChI=1S/C25H25N3O3S/c1-18-14-16-20(17-15-18)29-24-26-25(28-32(27-24)31-21-10-3-2-4-11-21)30-23-13-7-9-19-8-5-6-12-22(19)23/h5-9,12-17,21H,2-4,10-11H2,1H3. The minimum atomic E-state index is -1.06. The molecule has 3 aromatic rings. The van der Waals surface area contributed by atoms with Gasteiger partial charge in [-0.3, -0.25) is 4.18 Å². The molecule has 0 spiro atoms. The second-order valence-corrected chi connectivity index (χ2v) is 8.96. The topological polar surface area (TPSA) is 64.8 Å². The summed E-state index contributed by atoms with van der Waals surface area (Å²) in [6.07, 6.45) is 5.81. The molecule has 0 radical (unpaired) electrons. The maximum absolute atomic E-state index is 6.21. The molecule has 1 saturated carbocycles. The summed E-state index contributed by atoms with van der Waals surface area (Å²) in [6.45, 7) is 2.03. The molecule has 32 heavy (non-hydrogen) atoms. The van der Waals surface area contributed by atoms with E-state index in [1.807, 2.05) is 73.7 Å². The van der Waals surface area contributed by atoms with E-state index in [0.717, 1.165) is 29.2 Å². The van der Waals surface area contributed by atoms with Crippen LogP contribution in [0.25, 0.3) is 10.8 Å². The quantitative estimate of drug-likeness (QED) is 0.470. The lowest BCUT2D eigenvalue weighted by Crippen LogP contribution is -2.23. The Bertz CT molecular complexity index is 1190. The summed E-state index contributed by atoms with van der Waals surface area (Å²) in [5.74, 6) is 1.34. The van der Waals surface area contributed by atoms with Gasteiger partial charge in [-0.25, -0.2) is 0 Å². The molecule has 3 aromatic carbocycles. The van der Waals surface area contributed by atoms with Crippen LogP contribution >= 0.6 is 0 Å². The van der Waals surface area contributed by atoms with Gasteiger partial charge in [0.15, 0.2) is 11.2 Å². The lowest BCUT2D eigenvalue weighted by atomic mass is 9.98. The van der Waals surface area contributed by atoms with Gasteiger partial charge in [0.1, 0.15) is 11.5 Å². The van der Waals surface area contributed by atoms with Crippen molar-refractivity contribution in [3.63, 3.8) is 0 Å². The molecule has 1 aliphatic carbocycles. The summed E-state index contributed by atoms with van der Waals surface area (Å²) < 4.78 is 27.3. The Morgan fingerprint density at radius 2 is 1.59 bits per heavy atom. The van der Waals surface area contributed by atoms with E-state index >= 15 is 0 Å². The lowest BCUT2D eigenvalue weighted by molar-refractivity contribution is 0.180. The molecule has 0 amide bonds. The van der Waals surface area contributed by atoms with Crippen LogP contribution in [0.1, 0.15) is 37.7 Å². The van der Waals surface area contributed by atoms with Crippen LogP contribution in [0, 0.1) is 6.92 Å². The summed E-state index contributed by atoms with van der Waals surface area (Å²) in [6, 6.07) is 22.1. The summed E-state index contributed by atoms with van der Waals surface area (Å²) in [5.41, 5.74) is 1.15. The smallest absolute Gasteiger partial charge is 0.336 e. The number of amidine groups is 2. The van der Waals surface area contributed by atoms with Crippen LogP contribution in [0.15, 0.2) is 80.5 Å². The third-order valence-electron chi connectivity index (χ3n) is 5.46. The fourth-order valence-electron chi connectivity index (χ4n) is 3.78. The predicted octanol–water partition coefficient (Wildman–Crippen LogP) is 6.31. The number of hydrogen-bond acceptors (Lipinski definition) is 6. The van der Waals surface area contributed by atoms with Crippen LogP contribution < -0.4 is 9.47 Å². The van der Waals surface area contributed by atoms with Crippen LogP contribution in [-0.4, -0.2) is 18.1 Å². The second kappa shape index (κ2) is 9.63. The lowest BCUT2D eigenvalue weighted by Gasteiger charge is -2.22. The molecular weight excluding hydrogens is 422 g/mol. The van der Waals surface area contributed by atoms with Crippen molar-refractivity contribution in [2.24, 2.45) is 13.8 Å². The first-order valence-corrected chi connectivity index (χ1v) is 12.0. The van der Waals surface area contributed by atoms with Gasteiger partial charge in [0.2, 0.25) is 0 Å². The molecule has 0 N–H and O–H groups in total. The highest BCUT2D eigenvalue weighted by Gasteiger charge is 2.21. The summed E-state index contributed by atoms with van der Waals surface area (Å²) in [5, 5.41) is 2.08. The zero-order chi connectivity index (χ0) is 21.8. The van der Waals surface area contributed by atoms with Gasteiger partial charge >= 0.3 is 12.0 Å². The Morgan fingerprint density at radius 3 is 2.44 bits per heavy atom. The van der Waals surface area contributed by atoms with Gasteiger partial charge in [0, 0.05) is 5.39 Å². The van der Waals surface area contributed by atoms with E-state index < -0.39 is 11.2 Å². The number of aliphatic imine (C=N–C) groups is 1. The number of hydrogen-bond donors (Lipinski definition) is 0. The number of nitrogens with zero attached hydrogens (tertiary/aromatic N) is 3. The van der Waals surface area contributed by atoms with E-state index in [1.54, 1.807) is 0 Å². The predicted molar refractivity (Wildman–Crippen MR) is 129 cm³/mol. The van der Waals surface area contributed by atoms with E-state index in [0.29, 0.717) is 11.5 Å². The fourth-order valence-corrected chi connectivity index (χ4v) is 4.77. The molecule has 1 aliphatic heterocycles. The number of benzene rings is 3. The van der Waals surface area contributed by atoms with Crippen molar-refractivity contribution in [1.82, 2.24) is 0 Å². The molecule has 7 heteroatoms. The first-order valence-electron chi connectivity index (χ1n) is 10.9. The molecule has 1 atom stereocenters. The Morgan fingerprint density at radius 1 is 0.812 bits per heavy atom. The third-order valence-corrected chi connectivity index (χ3v) is 6.53. The number of fused-ring (bicyclic) bond motifs is 1. The van der Waals surface area contributed by atoms with E-state index in [4.69, 9.17) is 13.7 Å². The maximum atomic E-state index is 6.21. The van der Waals surface area contributed by atoms with Crippen molar-refractivity contribution < 1.29 is 13.7 Å². The zero-order valence-electron chi connectivity index (χ0n) is 17.9. The molecule has 1 unspecified atom stereocenters. The zero-order valence-corrected chi connectivity index (χ0v) is 18.8. The maximum Gasteiger partial charge on any atom is 0.336 e. The first kappa shape index (κ1) is 20.8. The summed E-state index contributed by atoms with van der Waals surface area (Å²) in [7, 11) is 0. The minimum Gasteiger partial charge on any atom is -0.424 e. The van der Waals surface area contributed by atoms with Crippen LogP contribution in [-0.2, 0) is 15.3 Å². The molecule has 0 saturated heterocycles. The highest BCUT2D eigenvalue weighted by Crippen LogP contribution is 2.27. The van der Waals surface area contributed by atoms with E-state index in [-0.39, 0.29) is 18.1 Å². The SMILES string of the molecule is Cc1ccc(OC2=NC(Oc3cccc4ccccc34)=NS(OC3CCCCC3)=N2)cc1. The van der Waals surface area contributed by atoms with Gasteiger partial charge in [0.05, 0.1) is 6.10 Å². The van der Waals surface area contributed by atoms with Gasteiger partial charge in [-0.2, -0.15) is 0 Å². The van der Waals surface area contributed by atoms with Crippen LogP contribution in [0.2, 0.25) is 0 Å².